The Bertz CT molecular complexity index is 522. The lowest BCUT2D eigenvalue weighted by Gasteiger charge is -2.18. The Morgan fingerprint density at radius 1 is 1.45 bits per heavy atom. The van der Waals surface area contributed by atoms with Crippen LogP contribution in [0.1, 0.15) is 26.7 Å². The highest BCUT2D eigenvalue weighted by Gasteiger charge is 2.23. The number of hydrogen-bond acceptors (Lipinski definition) is 5. The molecule has 0 N–H and O–H groups in total. The summed E-state index contributed by atoms with van der Waals surface area (Å²) in [6, 6.07) is 1.54. The highest BCUT2D eigenvalue weighted by Crippen LogP contribution is 2.24. The molecule has 1 unspecified atom stereocenters. The van der Waals surface area contributed by atoms with E-state index in [0.717, 1.165) is 25.2 Å². The largest absolute Gasteiger partial charge is 0.380 e. The lowest BCUT2D eigenvalue weighted by atomic mass is 10.3. The molecule has 5 nitrogen and oxygen atoms in total. The second-order valence-electron chi connectivity index (χ2n) is 4.62. The number of halogens is 1. The maximum atomic E-state index is 11.2. The molecule has 0 aromatic carbocycles. The second-order valence-corrected chi connectivity index (χ2v) is 7.18. The fourth-order valence-electron chi connectivity index (χ4n) is 1.87. The summed E-state index contributed by atoms with van der Waals surface area (Å²) in [4.78, 5) is 5.96. The molecular weight excluding hydrogens is 300 g/mol. The van der Waals surface area contributed by atoms with Crippen LogP contribution < -0.4 is 4.90 Å². The fourth-order valence-corrected chi connectivity index (χ4v) is 2.57. The Labute approximate surface area is 125 Å². The van der Waals surface area contributed by atoms with Gasteiger partial charge < -0.3 is 9.64 Å². The zero-order valence-electron chi connectivity index (χ0n) is 12.0. The van der Waals surface area contributed by atoms with Crippen molar-refractivity contribution in [1.82, 2.24) is 4.98 Å². The molecule has 0 radical (unpaired) electrons. The molecule has 1 aliphatic heterocycles. The SMILES string of the molecule is CCC.COC1CCN(c2cncc(S(=O)(=O)Cl)c2)C1. The van der Waals surface area contributed by atoms with E-state index in [1.807, 2.05) is 4.90 Å². The molecule has 20 heavy (non-hydrogen) atoms. The van der Waals surface area contributed by atoms with Gasteiger partial charge in [0.15, 0.2) is 0 Å². The van der Waals surface area contributed by atoms with Crippen molar-refractivity contribution >= 4 is 25.4 Å². The molecule has 114 valence electrons. The Morgan fingerprint density at radius 2 is 2.10 bits per heavy atom. The van der Waals surface area contributed by atoms with Crippen LogP contribution in [0.5, 0.6) is 0 Å². The number of aromatic nitrogens is 1. The normalized spacial score (nSPS) is 18.6. The van der Waals surface area contributed by atoms with Crippen molar-refractivity contribution < 1.29 is 13.2 Å². The minimum atomic E-state index is -3.72. The lowest BCUT2D eigenvalue weighted by Crippen LogP contribution is -2.22. The molecule has 1 atom stereocenters. The molecule has 1 saturated heterocycles. The Kier molecular flexibility index (Phi) is 6.71. The summed E-state index contributed by atoms with van der Waals surface area (Å²) >= 11 is 0. The average Bonchev–Trinajstić information content (AvgIpc) is 2.88. The summed E-state index contributed by atoms with van der Waals surface area (Å²) in [5, 5.41) is 0. The van der Waals surface area contributed by atoms with E-state index in [4.69, 9.17) is 15.4 Å². The topological polar surface area (TPSA) is 59.5 Å². The number of rotatable bonds is 3. The van der Waals surface area contributed by atoms with Crippen LogP contribution in [0.4, 0.5) is 5.69 Å². The third-order valence-corrected chi connectivity index (χ3v) is 4.14. The number of anilines is 1. The minimum absolute atomic E-state index is 0.0255. The van der Waals surface area contributed by atoms with E-state index in [1.54, 1.807) is 13.3 Å². The quantitative estimate of drug-likeness (QED) is 0.801. The number of ether oxygens (including phenoxy) is 1. The van der Waals surface area contributed by atoms with Gasteiger partial charge in [0.1, 0.15) is 4.90 Å². The van der Waals surface area contributed by atoms with Crippen LogP contribution in [-0.4, -0.2) is 39.7 Å². The maximum absolute atomic E-state index is 11.2. The van der Waals surface area contributed by atoms with Gasteiger partial charge in [0, 0.05) is 37.1 Å². The molecule has 2 rings (SSSR count). The number of hydrogen-bond donors (Lipinski definition) is 0. The summed E-state index contributed by atoms with van der Waals surface area (Å²) in [7, 11) is 3.23. The van der Waals surface area contributed by atoms with Crippen molar-refractivity contribution in [3.05, 3.63) is 18.5 Å². The highest BCUT2D eigenvalue weighted by molar-refractivity contribution is 8.13. The molecule has 0 aliphatic carbocycles. The first-order valence-corrected chi connectivity index (χ1v) is 8.90. The maximum Gasteiger partial charge on any atom is 0.262 e. The summed E-state index contributed by atoms with van der Waals surface area (Å²) < 4.78 is 27.7. The Hall–Kier alpha value is -0.850. The summed E-state index contributed by atoms with van der Waals surface area (Å²) in [6.45, 7) is 5.82. The van der Waals surface area contributed by atoms with Gasteiger partial charge in [-0.2, -0.15) is 0 Å². The first-order chi connectivity index (χ1) is 9.42. The van der Waals surface area contributed by atoms with E-state index < -0.39 is 9.05 Å². The van der Waals surface area contributed by atoms with Crippen LogP contribution in [0.3, 0.4) is 0 Å². The number of pyridine rings is 1. The number of methoxy groups -OCH3 is 1. The zero-order chi connectivity index (χ0) is 15.2. The van der Waals surface area contributed by atoms with Crippen molar-refractivity contribution in [2.24, 2.45) is 0 Å². The molecule has 0 spiro atoms. The van der Waals surface area contributed by atoms with E-state index >= 15 is 0 Å². The molecule has 0 saturated carbocycles. The van der Waals surface area contributed by atoms with E-state index in [1.165, 1.54) is 18.7 Å². The smallest absolute Gasteiger partial charge is 0.262 e. The van der Waals surface area contributed by atoms with Crippen LogP contribution in [0.15, 0.2) is 23.4 Å². The number of nitrogens with zero attached hydrogens (tertiary/aromatic N) is 2. The lowest BCUT2D eigenvalue weighted by molar-refractivity contribution is 0.121. The molecule has 0 amide bonds. The van der Waals surface area contributed by atoms with Gasteiger partial charge in [-0.1, -0.05) is 20.3 Å². The average molecular weight is 321 g/mol. The molecule has 0 bridgehead atoms. The summed E-state index contributed by atoms with van der Waals surface area (Å²) in [5.41, 5.74) is 0.756. The fraction of sp³-hybridized carbons (Fsp3) is 0.615. The standard InChI is InChI=1S/C10H13ClN2O3S.C3H8/c1-16-9-2-3-13(7-9)8-4-10(6-12-5-8)17(11,14)15;1-3-2/h4-6,9H,2-3,7H2,1H3;3H2,1-2H3. The van der Waals surface area contributed by atoms with Gasteiger partial charge in [-0.3, -0.25) is 4.98 Å². The van der Waals surface area contributed by atoms with Crippen molar-refractivity contribution in [3.8, 4) is 0 Å². The predicted octanol–water partition coefficient (Wildman–Crippen LogP) is 2.65. The van der Waals surface area contributed by atoms with Crippen LogP contribution >= 0.6 is 10.7 Å². The third kappa shape index (κ3) is 4.92. The van der Waals surface area contributed by atoms with Gasteiger partial charge >= 0.3 is 0 Å². The summed E-state index contributed by atoms with van der Waals surface area (Å²) in [5.74, 6) is 0. The monoisotopic (exact) mass is 320 g/mol. The van der Waals surface area contributed by atoms with Gasteiger partial charge in [0.2, 0.25) is 0 Å². The van der Waals surface area contributed by atoms with E-state index in [9.17, 15) is 8.42 Å². The van der Waals surface area contributed by atoms with E-state index in [-0.39, 0.29) is 11.0 Å². The van der Waals surface area contributed by atoms with E-state index in [0.29, 0.717) is 0 Å². The summed E-state index contributed by atoms with van der Waals surface area (Å²) in [6.07, 6.45) is 5.24. The third-order valence-electron chi connectivity index (χ3n) is 2.82. The molecule has 7 heteroatoms. The first kappa shape index (κ1) is 17.2. The van der Waals surface area contributed by atoms with Crippen molar-refractivity contribution in [3.63, 3.8) is 0 Å². The van der Waals surface area contributed by atoms with Crippen molar-refractivity contribution in [2.45, 2.75) is 37.7 Å². The van der Waals surface area contributed by atoms with Gasteiger partial charge in [-0.15, -0.1) is 0 Å². The highest BCUT2D eigenvalue weighted by atomic mass is 35.7. The molecular formula is C13H21ClN2O3S. The van der Waals surface area contributed by atoms with Crippen LogP contribution in [0.2, 0.25) is 0 Å². The van der Waals surface area contributed by atoms with Crippen molar-refractivity contribution in [1.29, 1.82) is 0 Å². The van der Waals surface area contributed by atoms with Crippen molar-refractivity contribution in [2.75, 3.05) is 25.1 Å². The molecule has 2 heterocycles. The molecule has 1 fully saturated rings. The van der Waals surface area contributed by atoms with Crippen LogP contribution in [0, 0.1) is 0 Å². The minimum Gasteiger partial charge on any atom is -0.380 e. The molecule has 1 aromatic heterocycles. The van der Waals surface area contributed by atoms with Gasteiger partial charge in [0.25, 0.3) is 9.05 Å². The van der Waals surface area contributed by atoms with Gasteiger partial charge in [-0.25, -0.2) is 8.42 Å². The second kappa shape index (κ2) is 7.81. The van der Waals surface area contributed by atoms with Gasteiger partial charge in [0.05, 0.1) is 18.0 Å². The van der Waals surface area contributed by atoms with Crippen LogP contribution in [0.25, 0.3) is 0 Å². The first-order valence-electron chi connectivity index (χ1n) is 6.59. The van der Waals surface area contributed by atoms with Gasteiger partial charge in [-0.05, 0) is 12.5 Å². The Morgan fingerprint density at radius 3 is 2.60 bits per heavy atom. The van der Waals surface area contributed by atoms with E-state index in [2.05, 4.69) is 18.8 Å². The molecule has 1 aliphatic rings. The predicted molar refractivity (Wildman–Crippen MR) is 80.9 cm³/mol. The molecule has 1 aromatic rings. The Balaban J connectivity index is 0.000000612. The van der Waals surface area contributed by atoms with Crippen LogP contribution in [-0.2, 0) is 13.8 Å². The zero-order valence-corrected chi connectivity index (χ0v) is 13.6.